The lowest BCUT2D eigenvalue weighted by Crippen LogP contribution is -2.44. The standard InChI is InChI=1S/C21H29NO4.BrH/c1-3-7-20(23)25-14-19(15-8-5-4-6-9-15)21(24)26-18-12-16-10-11-17(13-18)22(16)2;/h4-6,8-9,16-19H,3,7,10-14H2,1-2H3;1H/t16-,17+,18?,19?;. The first kappa shape index (κ1) is 21.9. The Balaban J connectivity index is 0.00000261. The fourth-order valence-electron chi connectivity index (χ4n) is 4.14. The summed E-state index contributed by atoms with van der Waals surface area (Å²) in [6.07, 6.45) is 5.24. The molecule has 27 heavy (non-hydrogen) atoms. The number of halogens is 1. The molecule has 6 heteroatoms. The third kappa shape index (κ3) is 5.55. The molecule has 0 amide bonds. The second-order valence-electron chi connectivity index (χ2n) is 7.48. The van der Waals surface area contributed by atoms with Crippen molar-refractivity contribution in [1.82, 2.24) is 4.90 Å². The van der Waals surface area contributed by atoms with E-state index >= 15 is 0 Å². The van der Waals surface area contributed by atoms with Crippen LogP contribution in [0.25, 0.3) is 0 Å². The van der Waals surface area contributed by atoms with Gasteiger partial charge < -0.3 is 14.4 Å². The molecule has 3 rings (SSSR count). The van der Waals surface area contributed by atoms with Crippen molar-refractivity contribution >= 4 is 28.9 Å². The van der Waals surface area contributed by atoms with Gasteiger partial charge in [-0.05, 0) is 44.7 Å². The molecule has 2 unspecified atom stereocenters. The van der Waals surface area contributed by atoms with Crippen LogP contribution in [0.3, 0.4) is 0 Å². The zero-order valence-corrected chi connectivity index (χ0v) is 17.8. The van der Waals surface area contributed by atoms with E-state index in [-0.39, 0.29) is 41.6 Å². The van der Waals surface area contributed by atoms with Crippen molar-refractivity contribution in [2.75, 3.05) is 13.7 Å². The first-order valence-corrected chi connectivity index (χ1v) is 9.71. The highest BCUT2D eigenvalue weighted by Crippen LogP contribution is 2.36. The van der Waals surface area contributed by atoms with Crippen LogP contribution in [0.15, 0.2) is 30.3 Å². The number of piperidine rings is 1. The van der Waals surface area contributed by atoms with Gasteiger partial charge in [-0.2, -0.15) is 0 Å². The molecule has 0 radical (unpaired) electrons. The van der Waals surface area contributed by atoms with Crippen molar-refractivity contribution in [3.8, 4) is 0 Å². The molecule has 0 aliphatic carbocycles. The van der Waals surface area contributed by atoms with Crippen LogP contribution in [0.2, 0.25) is 0 Å². The second-order valence-corrected chi connectivity index (χ2v) is 7.48. The molecule has 0 spiro atoms. The predicted octanol–water partition coefficient (Wildman–Crippen LogP) is 3.86. The fourth-order valence-corrected chi connectivity index (χ4v) is 4.14. The minimum atomic E-state index is -0.561. The Morgan fingerprint density at radius 2 is 1.78 bits per heavy atom. The number of carbonyl (C=O) groups is 2. The average molecular weight is 440 g/mol. The molecule has 2 bridgehead atoms. The van der Waals surface area contributed by atoms with E-state index in [0.29, 0.717) is 18.5 Å². The summed E-state index contributed by atoms with van der Waals surface area (Å²) >= 11 is 0. The molecule has 4 atom stereocenters. The van der Waals surface area contributed by atoms with Gasteiger partial charge in [0.05, 0.1) is 0 Å². The first-order chi connectivity index (χ1) is 12.6. The SMILES string of the molecule is Br.CCCC(=O)OCC(C(=O)OC1C[C@H]2CC[C@@H](C1)N2C)c1ccccc1. The summed E-state index contributed by atoms with van der Waals surface area (Å²) < 4.78 is 11.2. The van der Waals surface area contributed by atoms with Gasteiger partial charge in [-0.1, -0.05) is 37.3 Å². The number of esters is 2. The van der Waals surface area contributed by atoms with Gasteiger partial charge in [0.15, 0.2) is 0 Å². The highest BCUT2D eigenvalue weighted by Gasteiger charge is 2.40. The largest absolute Gasteiger partial charge is 0.464 e. The Morgan fingerprint density at radius 3 is 2.37 bits per heavy atom. The van der Waals surface area contributed by atoms with E-state index in [1.807, 2.05) is 37.3 Å². The zero-order valence-electron chi connectivity index (χ0n) is 16.1. The van der Waals surface area contributed by atoms with Gasteiger partial charge in [0.25, 0.3) is 0 Å². The average Bonchev–Trinajstić information content (AvgIpc) is 2.83. The molecule has 2 heterocycles. The summed E-state index contributed by atoms with van der Waals surface area (Å²) in [5.74, 6) is -1.11. The highest BCUT2D eigenvalue weighted by molar-refractivity contribution is 8.93. The molecule has 1 aromatic carbocycles. The quantitative estimate of drug-likeness (QED) is 0.603. The van der Waals surface area contributed by atoms with Crippen LogP contribution in [0.4, 0.5) is 0 Å². The van der Waals surface area contributed by atoms with Crippen LogP contribution in [-0.4, -0.2) is 48.7 Å². The minimum absolute atomic E-state index is 0. The van der Waals surface area contributed by atoms with E-state index in [9.17, 15) is 9.59 Å². The summed E-state index contributed by atoms with van der Waals surface area (Å²) in [5, 5.41) is 0. The lowest BCUT2D eigenvalue weighted by atomic mass is 9.98. The predicted molar refractivity (Wildman–Crippen MR) is 109 cm³/mol. The number of carbonyl (C=O) groups excluding carboxylic acids is 2. The molecule has 150 valence electrons. The number of ether oxygens (including phenoxy) is 2. The Labute approximate surface area is 172 Å². The van der Waals surface area contributed by atoms with Crippen LogP contribution in [-0.2, 0) is 19.1 Å². The Morgan fingerprint density at radius 1 is 1.15 bits per heavy atom. The van der Waals surface area contributed by atoms with Gasteiger partial charge in [0.2, 0.25) is 0 Å². The molecule has 0 N–H and O–H groups in total. The van der Waals surface area contributed by atoms with E-state index in [0.717, 1.165) is 24.8 Å². The topological polar surface area (TPSA) is 55.8 Å². The minimum Gasteiger partial charge on any atom is -0.464 e. The zero-order chi connectivity index (χ0) is 18.5. The molecule has 2 saturated heterocycles. The molecular weight excluding hydrogens is 410 g/mol. The van der Waals surface area contributed by atoms with Crippen LogP contribution < -0.4 is 0 Å². The first-order valence-electron chi connectivity index (χ1n) is 9.71. The number of nitrogens with zero attached hydrogens (tertiary/aromatic N) is 1. The van der Waals surface area contributed by atoms with Crippen molar-refractivity contribution in [2.24, 2.45) is 0 Å². The Kier molecular flexibility index (Phi) is 8.29. The highest BCUT2D eigenvalue weighted by atomic mass is 79.9. The van der Waals surface area contributed by atoms with Gasteiger partial charge in [-0.15, -0.1) is 17.0 Å². The third-order valence-corrected chi connectivity index (χ3v) is 5.69. The maximum atomic E-state index is 12.9. The molecule has 0 saturated carbocycles. The van der Waals surface area contributed by atoms with E-state index < -0.39 is 5.92 Å². The monoisotopic (exact) mass is 439 g/mol. The van der Waals surface area contributed by atoms with Crippen LogP contribution in [0, 0.1) is 0 Å². The Hall–Kier alpha value is -1.40. The summed E-state index contributed by atoms with van der Waals surface area (Å²) in [5.41, 5.74) is 0.831. The third-order valence-electron chi connectivity index (χ3n) is 5.69. The summed E-state index contributed by atoms with van der Waals surface area (Å²) in [4.78, 5) is 27.0. The lowest BCUT2D eigenvalue weighted by Gasteiger charge is -2.36. The van der Waals surface area contributed by atoms with Crippen molar-refractivity contribution < 1.29 is 19.1 Å². The van der Waals surface area contributed by atoms with Crippen molar-refractivity contribution in [3.05, 3.63) is 35.9 Å². The molecular formula is C21H30BrNO4. The van der Waals surface area contributed by atoms with Gasteiger partial charge >= 0.3 is 11.9 Å². The van der Waals surface area contributed by atoms with Crippen molar-refractivity contribution in [2.45, 2.75) is 69.6 Å². The van der Waals surface area contributed by atoms with E-state index in [2.05, 4.69) is 11.9 Å². The lowest BCUT2D eigenvalue weighted by molar-refractivity contribution is -0.157. The van der Waals surface area contributed by atoms with Gasteiger partial charge in [-0.3, -0.25) is 9.59 Å². The van der Waals surface area contributed by atoms with Crippen LogP contribution in [0.1, 0.15) is 56.9 Å². The number of hydrogen-bond acceptors (Lipinski definition) is 5. The molecule has 2 fully saturated rings. The summed E-state index contributed by atoms with van der Waals surface area (Å²) in [7, 11) is 2.17. The van der Waals surface area contributed by atoms with Gasteiger partial charge in [0.1, 0.15) is 18.6 Å². The smallest absolute Gasteiger partial charge is 0.317 e. The van der Waals surface area contributed by atoms with E-state index in [1.54, 1.807) is 0 Å². The van der Waals surface area contributed by atoms with Crippen LogP contribution >= 0.6 is 17.0 Å². The van der Waals surface area contributed by atoms with Gasteiger partial charge in [0, 0.05) is 18.5 Å². The summed E-state index contributed by atoms with van der Waals surface area (Å²) in [6, 6.07) is 10.5. The normalized spacial score (nSPS) is 25.3. The molecule has 2 aliphatic rings. The number of rotatable bonds is 7. The molecule has 0 aromatic heterocycles. The number of hydrogen-bond donors (Lipinski definition) is 0. The molecule has 1 aromatic rings. The fraction of sp³-hybridized carbons (Fsp3) is 0.619. The number of fused-ring (bicyclic) bond motifs is 2. The summed E-state index contributed by atoms with van der Waals surface area (Å²) in [6.45, 7) is 1.97. The molecule has 2 aliphatic heterocycles. The van der Waals surface area contributed by atoms with E-state index in [4.69, 9.17) is 9.47 Å². The van der Waals surface area contributed by atoms with Gasteiger partial charge in [-0.25, -0.2) is 0 Å². The molecule has 5 nitrogen and oxygen atoms in total. The maximum absolute atomic E-state index is 12.9. The maximum Gasteiger partial charge on any atom is 0.317 e. The van der Waals surface area contributed by atoms with Crippen molar-refractivity contribution in [3.63, 3.8) is 0 Å². The van der Waals surface area contributed by atoms with E-state index in [1.165, 1.54) is 12.8 Å². The van der Waals surface area contributed by atoms with Crippen molar-refractivity contribution in [1.29, 1.82) is 0 Å². The second kappa shape index (κ2) is 10.2. The van der Waals surface area contributed by atoms with Crippen LogP contribution in [0.5, 0.6) is 0 Å². The number of benzene rings is 1. The Bertz CT molecular complexity index is 610.